The quantitative estimate of drug-likeness (QED) is 0.421. The van der Waals surface area contributed by atoms with Gasteiger partial charge in [-0.15, -0.1) is 0 Å². The smallest absolute Gasteiger partial charge is 0.311 e. The maximum absolute atomic E-state index is 13.1. The SMILES string of the molecule is CCCCc1nc(SCC(=O)N2CCCc3ccccc32)c2c(=O)n(C)c(=O)n(C)c2n1. The number of unbranched alkanes of at least 4 members (excludes halogenated alkanes) is 1. The van der Waals surface area contributed by atoms with Gasteiger partial charge in [-0.05, 0) is 30.9 Å². The van der Waals surface area contributed by atoms with Crippen LogP contribution in [0.15, 0.2) is 38.9 Å². The zero-order chi connectivity index (χ0) is 22.8. The number of benzene rings is 1. The minimum absolute atomic E-state index is 0.0225. The van der Waals surface area contributed by atoms with Crippen molar-refractivity contribution < 1.29 is 4.79 Å². The van der Waals surface area contributed by atoms with Crippen LogP contribution >= 0.6 is 11.8 Å². The van der Waals surface area contributed by atoms with Crippen molar-refractivity contribution in [3.63, 3.8) is 0 Å². The number of aryl methyl sites for hydroxylation is 3. The van der Waals surface area contributed by atoms with Gasteiger partial charge in [-0.1, -0.05) is 43.3 Å². The van der Waals surface area contributed by atoms with Gasteiger partial charge in [0, 0.05) is 32.7 Å². The Morgan fingerprint density at radius 1 is 1.12 bits per heavy atom. The van der Waals surface area contributed by atoms with Crippen molar-refractivity contribution in [3.05, 3.63) is 56.5 Å². The van der Waals surface area contributed by atoms with E-state index in [2.05, 4.69) is 23.0 Å². The molecule has 0 N–H and O–H groups in total. The van der Waals surface area contributed by atoms with Gasteiger partial charge >= 0.3 is 5.69 Å². The standard InChI is InChI=1S/C23H27N5O3S/c1-4-5-12-17-24-20-19(22(30)27(3)23(31)26(20)2)21(25-17)32-14-18(29)28-13-8-10-15-9-6-7-11-16(15)28/h6-7,9,11H,4-5,8,10,12-14H2,1-3H3. The van der Waals surface area contributed by atoms with Crippen LogP contribution in [0.4, 0.5) is 5.69 Å². The number of carbonyl (C=O) groups is 1. The zero-order valence-electron chi connectivity index (χ0n) is 18.6. The molecule has 4 rings (SSSR count). The fourth-order valence-corrected chi connectivity index (χ4v) is 4.93. The highest BCUT2D eigenvalue weighted by Gasteiger charge is 2.24. The normalized spacial score (nSPS) is 13.4. The highest BCUT2D eigenvalue weighted by molar-refractivity contribution is 8.00. The largest absolute Gasteiger partial charge is 0.332 e. The van der Waals surface area contributed by atoms with Crippen LogP contribution in [0.5, 0.6) is 0 Å². The highest BCUT2D eigenvalue weighted by atomic mass is 32.2. The number of hydrogen-bond donors (Lipinski definition) is 0. The van der Waals surface area contributed by atoms with E-state index in [1.54, 1.807) is 7.05 Å². The van der Waals surface area contributed by atoms with Gasteiger partial charge in [0.2, 0.25) is 5.91 Å². The molecule has 1 aromatic carbocycles. The summed E-state index contributed by atoms with van der Waals surface area (Å²) in [6.07, 6.45) is 4.42. The number of para-hydroxylation sites is 1. The van der Waals surface area contributed by atoms with Crippen molar-refractivity contribution >= 4 is 34.4 Å². The molecule has 1 amide bonds. The Labute approximate surface area is 190 Å². The number of hydrogen-bond acceptors (Lipinski definition) is 6. The fourth-order valence-electron chi connectivity index (χ4n) is 4.02. The van der Waals surface area contributed by atoms with Gasteiger partial charge in [-0.25, -0.2) is 14.8 Å². The second kappa shape index (κ2) is 9.28. The third kappa shape index (κ3) is 4.09. The van der Waals surface area contributed by atoms with Crippen molar-refractivity contribution in [2.45, 2.75) is 44.1 Å². The Balaban J connectivity index is 1.70. The van der Waals surface area contributed by atoms with Crippen molar-refractivity contribution in [2.24, 2.45) is 14.1 Å². The molecule has 2 aromatic heterocycles. The lowest BCUT2D eigenvalue weighted by Crippen LogP contribution is -2.38. The molecule has 9 heteroatoms. The van der Waals surface area contributed by atoms with E-state index in [4.69, 9.17) is 0 Å². The summed E-state index contributed by atoms with van der Waals surface area (Å²) >= 11 is 1.24. The van der Waals surface area contributed by atoms with Crippen LogP contribution in [0.1, 0.15) is 37.6 Å². The first-order valence-electron chi connectivity index (χ1n) is 10.9. The summed E-state index contributed by atoms with van der Waals surface area (Å²) in [5.74, 6) is 0.714. The summed E-state index contributed by atoms with van der Waals surface area (Å²) in [6, 6.07) is 7.97. The zero-order valence-corrected chi connectivity index (χ0v) is 19.4. The van der Waals surface area contributed by atoms with Crippen molar-refractivity contribution in [3.8, 4) is 0 Å². The second-order valence-electron chi connectivity index (χ2n) is 8.02. The van der Waals surface area contributed by atoms with Crippen LogP contribution in [0.2, 0.25) is 0 Å². The molecule has 0 fully saturated rings. The molecule has 32 heavy (non-hydrogen) atoms. The van der Waals surface area contributed by atoms with Crippen LogP contribution in [0.25, 0.3) is 11.0 Å². The Kier molecular flexibility index (Phi) is 6.45. The van der Waals surface area contributed by atoms with E-state index in [0.717, 1.165) is 35.9 Å². The minimum atomic E-state index is -0.441. The van der Waals surface area contributed by atoms with Gasteiger partial charge in [0.1, 0.15) is 16.2 Å². The Morgan fingerprint density at radius 2 is 1.91 bits per heavy atom. The number of anilines is 1. The van der Waals surface area contributed by atoms with E-state index >= 15 is 0 Å². The third-order valence-electron chi connectivity index (χ3n) is 5.81. The van der Waals surface area contributed by atoms with Gasteiger partial charge in [0.15, 0.2) is 5.65 Å². The maximum Gasteiger partial charge on any atom is 0.332 e. The second-order valence-corrected chi connectivity index (χ2v) is 8.98. The average molecular weight is 454 g/mol. The Hall–Kier alpha value is -2.94. The van der Waals surface area contributed by atoms with Gasteiger partial charge in [0.05, 0.1) is 5.75 Å². The monoisotopic (exact) mass is 453 g/mol. The van der Waals surface area contributed by atoms with Crippen LogP contribution < -0.4 is 16.1 Å². The van der Waals surface area contributed by atoms with Gasteiger partial charge in [-0.2, -0.15) is 0 Å². The molecule has 0 spiro atoms. The Bertz CT molecular complexity index is 1300. The number of nitrogens with zero attached hydrogens (tertiary/aromatic N) is 5. The van der Waals surface area contributed by atoms with Gasteiger partial charge in [0.25, 0.3) is 5.56 Å². The van der Waals surface area contributed by atoms with E-state index in [9.17, 15) is 14.4 Å². The summed E-state index contributed by atoms with van der Waals surface area (Å²) in [4.78, 5) is 49.4. The molecule has 3 heterocycles. The third-order valence-corrected chi connectivity index (χ3v) is 6.77. The molecule has 0 unspecified atom stereocenters. The first-order chi connectivity index (χ1) is 15.4. The van der Waals surface area contributed by atoms with Crippen LogP contribution in [0, 0.1) is 0 Å². The predicted molar refractivity (Wildman–Crippen MR) is 126 cm³/mol. The van der Waals surface area contributed by atoms with Crippen LogP contribution in [0.3, 0.4) is 0 Å². The van der Waals surface area contributed by atoms with E-state index < -0.39 is 11.2 Å². The molecule has 3 aromatic rings. The topological polar surface area (TPSA) is 90.1 Å². The molecule has 0 saturated carbocycles. The van der Waals surface area contributed by atoms with Gasteiger partial charge in [-0.3, -0.25) is 18.7 Å². The first-order valence-corrected chi connectivity index (χ1v) is 11.9. The predicted octanol–water partition coefficient (Wildman–Crippen LogP) is 2.44. The van der Waals surface area contributed by atoms with Crippen molar-refractivity contribution in [2.75, 3.05) is 17.2 Å². The first kappa shape index (κ1) is 22.3. The molecule has 1 aliphatic heterocycles. The van der Waals surface area contributed by atoms with Crippen molar-refractivity contribution in [1.82, 2.24) is 19.1 Å². The molecule has 0 saturated heterocycles. The summed E-state index contributed by atoms with van der Waals surface area (Å²) in [5, 5.41) is 0.739. The average Bonchev–Trinajstić information content (AvgIpc) is 2.82. The summed E-state index contributed by atoms with van der Waals surface area (Å²) in [5.41, 5.74) is 1.58. The summed E-state index contributed by atoms with van der Waals surface area (Å²) in [7, 11) is 3.05. The van der Waals surface area contributed by atoms with Gasteiger partial charge < -0.3 is 4.90 Å². The number of fused-ring (bicyclic) bond motifs is 2. The molecule has 0 bridgehead atoms. The lowest BCUT2D eigenvalue weighted by molar-refractivity contribution is -0.116. The lowest BCUT2D eigenvalue weighted by Gasteiger charge is -2.29. The Morgan fingerprint density at radius 3 is 2.69 bits per heavy atom. The molecule has 0 aliphatic carbocycles. The number of rotatable bonds is 6. The van der Waals surface area contributed by atoms with Crippen LogP contribution in [-0.4, -0.2) is 37.3 Å². The van der Waals surface area contributed by atoms with E-state index in [1.165, 1.54) is 28.9 Å². The number of amides is 1. The molecule has 1 aliphatic rings. The van der Waals surface area contributed by atoms with E-state index in [0.29, 0.717) is 29.5 Å². The molecule has 0 atom stereocenters. The fraction of sp³-hybridized carbons (Fsp3) is 0.435. The molecule has 168 valence electrons. The summed E-state index contributed by atoms with van der Waals surface area (Å²) < 4.78 is 2.44. The minimum Gasteiger partial charge on any atom is -0.311 e. The van der Waals surface area contributed by atoms with E-state index in [-0.39, 0.29) is 17.0 Å². The maximum atomic E-state index is 13.1. The van der Waals surface area contributed by atoms with Crippen molar-refractivity contribution in [1.29, 1.82) is 0 Å². The van der Waals surface area contributed by atoms with E-state index in [1.807, 2.05) is 23.1 Å². The molecule has 0 radical (unpaired) electrons. The number of aromatic nitrogens is 4. The summed E-state index contributed by atoms with van der Waals surface area (Å²) in [6.45, 7) is 2.76. The van der Waals surface area contributed by atoms with Crippen LogP contribution in [-0.2, 0) is 31.7 Å². The lowest BCUT2D eigenvalue weighted by atomic mass is 10.0. The molecular weight excluding hydrogens is 426 g/mol. The number of thioether (sulfide) groups is 1. The highest BCUT2D eigenvalue weighted by Crippen LogP contribution is 2.29. The number of carbonyl (C=O) groups excluding carboxylic acids is 1. The molecule has 8 nitrogen and oxygen atoms in total. The molecular formula is C23H27N5O3S.